The second kappa shape index (κ2) is 8.58. The lowest BCUT2D eigenvalue weighted by Crippen LogP contribution is -2.20. The molecule has 14 heteroatoms. The van der Waals surface area contributed by atoms with Crippen molar-refractivity contribution in [2.45, 2.75) is 13.2 Å². The molecule has 0 aliphatic rings. The summed E-state index contributed by atoms with van der Waals surface area (Å²) in [6, 6.07) is 0.698. The normalized spacial score (nSPS) is 10.9. The second-order valence-corrected chi connectivity index (χ2v) is 5.65. The van der Waals surface area contributed by atoms with E-state index in [0.29, 0.717) is 17.7 Å². The van der Waals surface area contributed by atoms with Gasteiger partial charge in [-0.2, -0.15) is 37.5 Å². The number of aromatic nitrogens is 4. The first-order valence-corrected chi connectivity index (χ1v) is 7.64. The molecule has 154 valence electrons. The van der Waals surface area contributed by atoms with Crippen molar-refractivity contribution in [3.63, 3.8) is 0 Å². The molecule has 2 heterocycles. The van der Waals surface area contributed by atoms with Crippen molar-refractivity contribution in [2.75, 3.05) is 49.0 Å². The number of hydrogen-bond donors (Lipinski definition) is 2. The summed E-state index contributed by atoms with van der Waals surface area (Å²) in [5.41, 5.74) is 6.32. The highest BCUT2D eigenvalue weighted by atomic mass is 19.3. The Balaban J connectivity index is 2.45. The summed E-state index contributed by atoms with van der Waals surface area (Å²) in [5, 5.41) is 2.55. The van der Waals surface area contributed by atoms with Crippen molar-refractivity contribution in [1.29, 1.82) is 0 Å². The molecule has 0 fully saturated rings. The molecule has 0 bridgehead atoms. The zero-order valence-corrected chi connectivity index (χ0v) is 15.3. The van der Waals surface area contributed by atoms with Crippen LogP contribution < -0.4 is 30.3 Å². The van der Waals surface area contributed by atoms with Gasteiger partial charge in [0, 0.05) is 28.2 Å². The summed E-state index contributed by atoms with van der Waals surface area (Å²) in [6.45, 7) is -6.45. The number of anilines is 5. The summed E-state index contributed by atoms with van der Waals surface area (Å²) < 4.78 is 58.1. The first-order chi connectivity index (χ1) is 13.1. The highest BCUT2D eigenvalue weighted by molar-refractivity contribution is 5.77. The topological polar surface area (TPSA) is 115 Å². The Kier molecular flexibility index (Phi) is 6.43. The molecular weight excluding hydrogens is 388 g/mol. The summed E-state index contributed by atoms with van der Waals surface area (Å²) in [5.74, 6) is -1.11. The highest BCUT2D eigenvalue weighted by Crippen LogP contribution is 2.30. The van der Waals surface area contributed by atoms with Crippen molar-refractivity contribution in [1.82, 2.24) is 19.9 Å². The van der Waals surface area contributed by atoms with E-state index >= 15 is 0 Å². The minimum atomic E-state index is -3.23. The van der Waals surface area contributed by atoms with E-state index in [9.17, 15) is 17.6 Å². The molecular formula is C14H18F4N8O2. The molecule has 0 atom stereocenters. The number of alkyl halides is 4. The molecule has 2 aromatic rings. The van der Waals surface area contributed by atoms with Crippen molar-refractivity contribution in [2.24, 2.45) is 0 Å². The summed E-state index contributed by atoms with van der Waals surface area (Å²) in [7, 11) is 6.79. The van der Waals surface area contributed by atoms with Crippen molar-refractivity contribution in [3.05, 3.63) is 6.07 Å². The molecule has 0 saturated heterocycles. The first kappa shape index (κ1) is 21.0. The Bertz CT molecular complexity index is 765. The van der Waals surface area contributed by atoms with E-state index < -0.39 is 30.9 Å². The average Bonchev–Trinajstić information content (AvgIpc) is 2.54. The predicted molar refractivity (Wildman–Crippen MR) is 93.7 cm³/mol. The van der Waals surface area contributed by atoms with E-state index in [2.05, 4.69) is 34.7 Å². The van der Waals surface area contributed by atoms with Crippen LogP contribution in [-0.4, -0.2) is 61.3 Å². The summed E-state index contributed by atoms with van der Waals surface area (Å²) >= 11 is 0. The van der Waals surface area contributed by atoms with Crippen molar-refractivity contribution < 1.29 is 27.0 Å². The molecule has 0 unspecified atom stereocenters. The minimum absolute atomic E-state index is 0.0567. The van der Waals surface area contributed by atoms with Crippen LogP contribution in [0.5, 0.6) is 11.8 Å². The van der Waals surface area contributed by atoms with Gasteiger partial charge in [-0.1, -0.05) is 0 Å². The lowest BCUT2D eigenvalue weighted by molar-refractivity contribution is -0.0579. The molecule has 0 amide bonds. The van der Waals surface area contributed by atoms with Gasteiger partial charge in [0.05, 0.1) is 6.07 Å². The molecule has 3 N–H and O–H groups in total. The number of ether oxygens (including phenoxy) is 2. The van der Waals surface area contributed by atoms with Gasteiger partial charge < -0.3 is 25.0 Å². The van der Waals surface area contributed by atoms with Gasteiger partial charge in [0.25, 0.3) is 0 Å². The molecule has 10 nitrogen and oxygen atoms in total. The van der Waals surface area contributed by atoms with Crippen LogP contribution in [0.2, 0.25) is 0 Å². The largest absolute Gasteiger partial charge is 0.417 e. The van der Waals surface area contributed by atoms with E-state index in [-0.39, 0.29) is 11.6 Å². The molecule has 2 rings (SSSR count). The van der Waals surface area contributed by atoms with Gasteiger partial charge in [-0.15, -0.1) is 0 Å². The van der Waals surface area contributed by atoms with Crippen LogP contribution in [0, 0.1) is 0 Å². The van der Waals surface area contributed by atoms with Crippen LogP contribution in [0.3, 0.4) is 0 Å². The van der Waals surface area contributed by atoms with Crippen LogP contribution in [0.1, 0.15) is 0 Å². The molecule has 0 spiro atoms. The Hall–Kier alpha value is -3.32. The lowest BCUT2D eigenvalue weighted by atomic mass is 10.4. The highest BCUT2D eigenvalue weighted by Gasteiger charge is 2.18. The molecule has 0 aromatic carbocycles. The van der Waals surface area contributed by atoms with Gasteiger partial charge >= 0.3 is 13.2 Å². The van der Waals surface area contributed by atoms with E-state index in [4.69, 9.17) is 5.73 Å². The fourth-order valence-corrected chi connectivity index (χ4v) is 2.05. The zero-order chi connectivity index (χ0) is 21.0. The third-order valence-electron chi connectivity index (χ3n) is 3.08. The number of hydrogen-bond acceptors (Lipinski definition) is 10. The average molecular weight is 406 g/mol. The Morgan fingerprint density at radius 3 is 1.57 bits per heavy atom. The van der Waals surface area contributed by atoms with Crippen LogP contribution in [0.4, 0.5) is 46.8 Å². The fourth-order valence-electron chi connectivity index (χ4n) is 2.05. The Morgan fingerprint density at radius 2 is 1.21 bits per heavy atom. The number of halogens is 4. The molecule has 0 radical (unpaired) electrons. The van der Waals surface area contributed by atoms with Crippen LogP contribution in [0.15, 0.2) is 6.07 Å². The third kappa shape index (κ3) is 5.34. The van der Waals surface area contributed by atoms with Crippen LogP contribution in [-0.2, 0) is 0 Å². The maximum absolute atomic E-state index is 12.5. The maximum Gasteiger partial charge on any atom is 0.388 e. The molecule has 0 aliphatic heterocycles. The van der Waals surface area contributed by atoms with E-state index in [1.165, 1.54) is 0 Å². The number of nitrogens with two attached hydrogens (primary N) is 1. The van der Waals surface area contributed by atoms with Crippen LogP contribution >= 0.6 is 0 Å². The number of nitrogens with one attached hydrogen (secondary N) is 1. The number of nitrogen functional groups attached to an aromatic ring is 1. The SMILES string of the molecule is CN(C)c1nc(Nc2nc(OC(F)F)cc(OC(F)F)n2)nc(N(C)C)c1N. The smallest absolute Gasteiger partial charge is 0.388 e. The van der Waals surface area contributed by atoms with E-state index in [0.717, 1.165) is 0 Å². The summed E-state index contributed by atoms with van der Waals surface area (Å²) in [6.07, 6.45) is 0. The van der Waals surface area contributed by atoms with Gasteiger partial charge in [-0.25, -0.2) is 0 Å². The second-order valence-electron chi connectivity index (χ2n) is 5.65. The molecule has 0 aliphatic carbocycles. The van der Waals surface area contributed by atoms with Crippen molar-refractivity contribution in [3.8, 4) is 11.8 Å². The number of nitrogens with zero attached hydrogens (tertiary/aromatic N) is 6. The first-order valence-electron chi connectivity index (χ1n) is 7.64. The minimum Gasteiger partial charge on any atom is -0.417 e. The van der Waals surface area contributed by atoms with Gasteiger partial charge in [-0.05, 0) is 0 Å². The monoisotopic (exact) mass is 406 g/mol. The van der Waals surface area contributed by atoms with E-state index in [1.807, 2.05) is 0 Å². The van der Waals surface area contributed by atoms with Gasteiger partial charge in [0.1, 0.15) is 5.69 Å². The lowest BCUT2D eigenvalue weighted by Gasteiger charge is -2.21. The van der Waals surface area contributed by atoms with Gasteiger partial charge in [0.2, 0.25) is 23.7 Å². The predicted octanol–water partition coefficient (Wildman–Crippen LogP) is 1.93. The molecule has 28 heavy (non-hydrogen) atoms. The summed E-state index contributed by atoms with van der Waals surface area (Å²) in [4.78, 5) is 18.9. The van der Waals surface area contributed by atoms with Crippen LogP contribution in [0.25, 0.3) is 0 Å². The maximum atomic E-state index is 12.5. The quantitative estimate of drug-likeness (QED) is 0.630. The van der Waals surface area contributed by atoms with Crippen molar-refractivity contribution >= 4 is 29.2 Å². The molecule has 0 saturated carbocycles. The number of rotatable bonds is 8. The Morgan fingerprint density at radius 1 is 0.821 bits per heavy atom. The molecule has 2 aromatic heterocycles. The fraction of sp³-hybridized carbons (Fsp3) is 0.429. The Labute approximate surface area is 157 Å². The standard InChI is InChI=1S/C14H18F4N8O2/c1-25(2)9-8(19)10(26(3)4)23-14(22-9)24-13-20-6(27-11(15)16)5-7(21-13)28-12(17)18/h5,11-12H,19H2,1-4H3,(H,20,21,22,23,24). The van der Waals surface area contributed by atoms with Gasteiger partial charge in [-0.3, -0.25) is 5.32 Å². The van der Waals surface area contributed by atoms with E-state index in [1.54, 1.807) is 38.0 Å². The zero-order valence-electron chi connectivity index (χ0n) is 15.3. The third-order valence-corrected chi connectivity index (χ3v) is 3.08. The van der Waals surface area contributed by atoms with Gasteiger partial charge in [0.15, 0.2) is 11.6 Å².